The number of benzene rings is 1. The van der Waals surface area contributed by atoms with Crippen molar-refractivity contribution >= 4 is 22.6 Å². The molecule has 1 saturated heterocycles. The normalized spacial score (nSPS) is 16.6. The number of carbonyl (C=O) groups excluding carboxylic acids is 1. The third kappa shape index (κ3) is 3.43. The minimum atomic E-state index is -0.578. The van der Waals surface area contributed by atoms with Gasteiger partial charge in [0, 0.05) is 38.7 Å². The molecule has 0 aliphatic carbocycles. The van der Waals surface area contributed by atoms with Crippen LogP contribution in [0.1, 0.15) is 0 Å². The van der Waals surface area contributed by atoms with E-state index in [1.54, 1.807) is 12.0 Å². The van der Waals surface area contributed by atoms with Crippen molar-refractivity contribution in [3.05, 3.63) is 36.4 Å². The van der Waals surface area contributed by atoms with Gasteiger partial charge in [0.15, 0.2) is 0 Å². The third-order valence-corrected chi connectivity index (χ3v) is 4.16. The molecule has 0 spiro atoms. The molecule has 1 aliphatic rings. The first kappa shape index (κ1) is 15.7. The predicted octanol–water partition coefficient (Wildman–Crippen LogP) is 0.857. The van der Waals surface area contributed by atoms with Crippen molar-refractivity contribution in [3.63, 3.8) is 0 Å². The van der Waals surface area contributed by atoms with Crippen molar-refractivity contribution in [2.24, 2.45) is 5.73 Å². The van der Waals surface area contributed by atoms with Crippen molar-refractivity contribution in [2.45, 2.75) is 6.04 Å². The van der Waals surface area contributed by atoms with E-state index in [-0.39, 0.29) is 12.5 Å². The molecule has 6 nitrogen and oxygen atoms in total. The molecule has 2 N–H and O–H groups in total. The number of rotatable bonds is 4. The number of para-hydroxylation sites is 1. The van der Waals surface area contributed by atoms with Crippen LogP contribution in [0, 0.1) is 0 Å². The van der Waals surface area contributed by atoms with E-state index in [1.165, 1.54) is 0 Å². The number of pyridine rings is 1. The van der Waals surface area contributed by atoms with Gasteiger partial charge in [-0.1, -0.05) is 18.2 Å². The summed E-state index contributed by atoms with van der Waals surface area (Å²) in [5.41, 5.74) is 6.82. The summed E-state index contributed by atoms with van der Waals surface area (Å²) in [6.07, 6.45) is 0. The average molecular weight is 314 g/mol. The molecule has 1 amide bonds. The van der Waals surface area contributed by atoms with E-state index in [2.05, 4.69) is 17.0 Å². The van der Waals surface area contributed by atoms with Gasteiger partial charge in [-0.05, 0) is 18.2 Å². The molecule has 1 unspecified atom stereocenters. The number of methoxy groups -OCH3 is 1. The van der Waals surface area contributed by atoms with Gasteiger partial charge in [-0.15, -0.1) is 0 Å². The number of hydrogen-bond acceptors (Lipinski definition) is 5. The monoisotopic (exact) mass is 314 g/mol. The number of nitrogens with two attached hydrogens (primary N) is 1. The molecule has 1 aliphatic heterocycles. The molecule has 0 bridgehead atoms. The number of amides is 1. The highest BCUT2D eigenvalue weighted by Crippen LogP contribution is 2.19. The minimum absolute atomic E-state index is 0.0435. The van der Waals surface area contributed by atoms with Crippen LogP contribution < -0.4 is 10.6 Å². The Bertz CT molecular complexity index is 683. The number of hydrogen-bond donors (Lipinski definition) is 1. The van der Waals surface area contributed by atoms with E-state index in [1.807, 2.05) is 24.3 Å². The average Bonchev–Trinajstić information content (AvgIpc) is 2.61. The molecule has 0 radical (unpaired) electrons. The van der Waals surface area contributed by atoms with Gasteiger partial charge in [-0.3, -0.25) is 4.79 Å². The lowest BCUT2D eigenvalue weighted by atomic mass is 10.2. The second kappa shape index (κ2) is 6.93. The molecular formula is C17H22N4O2. The van der Waals surface area contributed by atoms with Crippen molar-refractivity contribution in [2.75, 3.05) is 44.8 Å². The van der Waals surface area contributed by atoms with Crippen LogP contribution in [0.15, 0.2) is 36.4 Å². The first-order valence-electron chi connectivity index (χ1n) is 7.83. The molecular weight excluding hydrogens is 292 g/mol. The summed E-state index contributed by atoms with van der Waals surface area (Å²) in [5.74, 6) is 0.912. The lowest BCUT2D eigenvalue weighted by molar-refractivity contribution is -0.134. The van der Waals surface area contributed by atoms with Gasteiger partial charge in [-0.25, -0.2) is 4.98 Å². The summed E-state index contributed by atoms with van der Waals surface area (Å²) in [6, 6.07) is 11.6. The summed E-state index contributed by atoms with van der Waals surface area (Å²) in [7, 11) is 1.55. The maximum absolute atomic E-state index is 12.2. The second-order valence-corrected chi connectivity index (χ2v) is 5.74. The van der Waals surface area contributed by atoms with E-state index >= 15 is 0 Å². The third-order valence-electron chi connectivity index (χ3n) is 4.16. The number of aromatic nitrogens is 1. The molecule has 1 atom stereocenters. The second-order valence-electron chi connectivity index (χ2n) is 5.74. The Kier molecular flexibility index (Phi) is 4.73. The van der Waals surface area contributed by atoms with Crippen molar-refractivity contribution < 1.29 is 9.53 Å². The molecule has 1 aromatic heterocycles. The first-order chi connectivity index (χ1) is 11.2. The van der Waals surface area contributed by atoms with Crippen molar-refractivity contribution in [1.29, 1.82) is 0 Å². The van der Waals surface area contributed by atoms with Crippen molar-refractivity contribution in [1.82, 2.24) is 9.88 Å². The maximum atomic E-state index is 12.2. The SMILES string of the molecule is COCC(N)C(=O)N1CCN(c2ccc3ccccc3n2)CC1. The van der Waals surface area contributed by atoms with Crippen LogP contribution >= 0.6 is 0 Å². The number of piperazine rings is 1. The van der Waals surface area contributed by atoms with Crippen LogP contribution in [0.3, 0.4) is 0 Å². The fourth-order valence-electron chi connectivity index (χ4n) is 2.87. The van der Waals surface area contributed by atoms with Crippen LogP contribution in [-0.2, 0) is 9.53 Å². The number of carbonyl (C=O) groups is 1. The zero-order chi connectivity index (χ0) is 16.2. The molecule has 0 saturated carbocycles. The van der Waals surface area contributed by atoms with Gasteiger partial charge in [0.2, 0.25) is 5.91 Å². The zero-order valence-electron chi connectivity index (χ0n) is 13.3. The van der Waals surface area contributed by atoms with Crippen LogP contribution in [0.4, 0.5) is 5.82 Å². The highest BCUT2D eigenvalue weighted by molar-refractivity contribution is 5.82. The Hall–Kier alpha value is -2.18. The summed E-state index contributed by atoms with van der Waals surface area (Å²) >= 11 is 0. The highest BCUT2D eigenvalue weighted by Gasteiger charge is 2.25. The van der Waals surface area contributed by atoms with Gasteiger partial charge >= 0.3 is 0 Å². The molecule has 3 rings (SSSR count). The Morgan fingerprint density at radius 3 is 2.70 bits per heavy atom. The number of fused-ring (bicyclic) bond motifs is 1. The first-order valence-corrected chi connectivity index (χ1v) is 7.83. The topological polar surface area (TPSA) is 71.7 Å². The molecule has 6 heteroatoms. The van der Waals surface area contributed by atoms with Gasteiger partial charge in [0.05, 0.1) is 12.1 Å². The van der Waals surface area contributed by atoms with Gasteiger partial charge in [0.1, 0.15) is 11.9 Å². The number of ether oxygens (including phenoxy) is 1. The molecule has 1 aromatic carbocycles. The Labute approximate surface area is 135 Å². The van der Waals surface area contributed by atoms with E-state index in [4.69, 9.17) is 15.5 Å². The molecule has 1 fully saturated rings. The van der Waals surface area contributed by atoms with Gasteiger partial charge < -0.3 is 20.3 Å². The maximum Gasteiger partial charge on any atom is 0.241 e. The fraction of sp³-hybridized carbons (Fsp3) is 0.412. The fourth-order valence-corrected chi connectivity index (χ4v) is 2.87. The number of nitrogens with zero attached hydrogens (tertiary/aromatic N) is 3. The lowest BCUT2D eigenvalue weighted by Gasteiger charge is -2.36. The van der Waals surface area contributed by atoms with Gasteiger partial charge in [-0.2, -0.15) is 0 Å². The van der Waals surface area contributed by atoms with E-state index in [9.17, 15) is 4.79 Å². The summed E-state index contributed by atoms with van der Waals surface area (Å²) < 4.78 is 4.95. The summed E-state index contributed by atoms with van der Waals surface area (Å²) in [5, 5.41) is 1.13. The quantitative estimate of drug-likeness (QED) is 0.906. The minimum Gasteiger partial charge on any atom is -0.383 e. The highest BCUT2D eigenvalue weighted by atomic mass is 16.5. The molecule has 23 heavy (non-hydrogen) atoms. The Balaban J connectivity index is 1.65. The predicted molar refractivity (Wildman–Crippen MR) is 90.4 cm³/mol. The molecule has 2 heterocycles. The summed E-state index contributed by atoms with van der Waals surface area (Å²) in [4.78, 5) is 20.9. The summed E-state index contributed by atoms with van der Waals surface area (Å²) in [6.45, 7) is 3.09. The molecule has 2 aromatic rings. The van der Waals surface area contributed by atoms with E-state index in [0.717, 1.165) is 29.8 Å². The largest absolute Gasteiger partial charge is 0.383 e. The smallest absolute Gasteiger partial charge is 0.241 e. The van der Waals surface area contributed by atoms with Crippen LogP contribution in [0.5, 0.6) is 0 Å². The Morgan fingerprint density at radius 1 is 1.22 bits per heavy atom. The van der Waals surface area contributed by atoms with E-state index < -0.39 is 6.04 Å². The zero-order valence-corrected chi connectivity index (χ0v) is 13.3. The number of anilines is 1. The van der Waals surface area contributed by atoms with Crippen LogP contribution in [0.25, 0.3) is 10.9 Å². The standard InChI is InChI=1S/C17H22N4O2/c1-23-12-14(18)17(22)21-10-8-20(9-11-21)16-7-6-13-4-2-3-5-15(13)19-16/h2-7,14H,8-12,18H2,1H3. The lowest BCUT2D eigenvalue weighted by Crippen LogP contribution is -2.54. The Morgan fingerprint density at radius 2 is 1.96 bits per heavy atom. The van der Waals surface area contributed by atoms with Crippen molar-refractivity contribution in [3.8, 4) is 0 Å². The van der Waals surface area contributed by atoms with Crippen LogP contribution in [-0.4, -0.2) is 61.7 Å². The van der Waals surface area contributed by atoms with E-state index in [0.29, 0.717) is 13.1 Å². The van der Waals surface area contributed by atoms with Crippen LogP contribution in [0.2, 0.25) is 0 Å². The molecule has 122 valence electrons. The van der Waals surface area contributed by atoms with Gasteiger partial charge in [0.25, 0.3) is 0 Å².